The third-order valence-corrected chi connectivity index (χ3v) is 6.68. The van der Waals surface area contributed by atoms with Crippen LogP contribution in [0.25, 0.3) is 17.0 Å². The molecule has 0 N–H and O–H groups in total. The third-order valence-electron chi connectivity index (χ3n) is 6.16. The number of fused-ring (bicyclic) bond motifs is 3. The predicted octanol–water partition coefficient (Wildman–Crippen LogP) is 4.74. The van der Waals surface area contributed by atoms with Crippen molar-refractivity contribution in [2.45, 2.75) is 57.8 Å². The quantitative estimate of drug-likeness (QED) is 0.522. The largest absolute Gasteiger partial charge is 0.444 e. The molecule has 2 aromatic heterocycles. The molecule has 1 amide bonds. The Hall–Kier alpha value is -2.45. The van der Waals surface area contributed by atoms with Gasteiger partial charge >= 0.3 is 6.09 Å². The van der Waals surface area contributed by atoms with Crippen molar-refractivity contribution < 1.29 is 9.53 Å². The topological polar surface area (TPSA) is 63.0 Å². The smallest absolute Gasteiger partial charge is 0.410 e. The average molecular weight is 498 g/mol. The number of rotatable bonds is 3. The van der Waals surface area contributed by atoms with Crippen LogP contribution in [0, 0.1) is 0 Å². The molecule has 168 valence electrons. The van der Waals surface area contributed by atoms with E-state index in [2.05, 4.69) is 42.3 Å². The van der Waals surface area contributed by atoms with Gasteiger partial charge in [-0.2, -0.15) is 0 Å². The summed E-state index contributed by atoms with van der Waals surface area (Å²) in [6, 6.07) is 10.6. The van der Waals surface area contributed by atoms with E-state index in [-0.39, 0.29) is 18.2 Å². The van der Waals surface area contributed by atoms with Crippen molar-refractivity contribution in [1.29, 1.82) is 0 Å². The van der Waals surface area contributed by atoms with Crippen molar-refractivity contribution in [2.24, 2.45) is 0 Å². The minimum absolute atomic E-state index is 0.181. The van der Waals surface area contributed by atoms with E-state index in [0.29, 0.717) is 5.78 Å². The number of halogens is 1. The van der Waals surface area contributed by atoms with Gasteiger partial charge in [0.15, 0.2) is 0 Å². The van der Waals surface area contributed by atoms with Crippen LogP contribution in [0.3, 0.4) is 0 Å². The van der Waals surface area contributed by atoms with Crippen LogP contribution in [0.15, 0.2) is 47.2 Å². The predicted molar refractivity (Wildman–Crippen MR) is 126 cm³/mol. The number of benzene rings is 1. The van der Waals surface area contributed by atoms with Crippen LogP contribution in [0.1, 0.15) is 39.3 Å². The Morgan fingerprint density at radius 1 is 1.16 bits per heavy atom. The van der Waals surface area contributed by atoms with Crippen molar-refractivity contribution in [3.8, 4) is 11.3 Å². The van der Waals surface area contributed by atoms with E-state index in [1.54, 1.807) is 6.20 Å². The number of hydrogen-bond acceptors (Lipinski definition) is 5. The first-order valence-corrected chi connectivity index (χ1v) is 11.9. The van der Waals surface area contributed by atoms with Crippen LogP contribution in [0.5, 0.6) is 0 Å². The molecule has 0 saturated carbocycles. The average Bonchev–Trinajstić information content (AvgIpc) is 3.22. The second-order valence-corrected chi connectivity index (χ2v) is 10.6. The van der Waals surface area contributed by atoms with E-state index in [0.717, 1.165) is 53.9 Å². The number of carbonyl (C=O) groups excluding carboxylic acids is 1. The lowest BCUT2D eigenvalue weighted by molar-refractivity contribution is -0.00557. The molecule has 32 heavy (non-hydrogen) atoms. The lowest BCUT2D eigenvalue weighted by atomic mass is 10.1. The maximum Gasteiger partial charge on any atom is 0.410 e. The summed E-state index contributed by atoms with van der Waals surface area (Å²) >= 11 is 3.52. The third kappa shape index (κ3) is 4.13. The van der Waals surface area contributed by atoms with Crippen LogP contribution in [0.4, 0.5) is 4.79 Å². The number of aromatic nitrogens is 3. The van der Waals surface area contributed by atoms with E-state index in [1.165, 1.54) is 0 Å². The van der Waals surface area contributed by atoms with Gasteiger partial charge in [0.25, 0.3) is 0 Å². The van der Waals surface area contributed by atoms with Gasteiger partial charge in [-0.3, -0.25) is 14.2 Å². The van der Waals surface area contributed by atoms with Gasteiger partial charge in [0, 0.05) is 54.1 Å². The number of ether oxygens (including phenoxy) is 1. The molecule has 2 aliphatic rings. The summed E-state index contributed by atoms with van der Waals surface area (Å²) in [7, 11) is 0. The van der Waals surface area contributed by atoms with Crippen LogP contribution in [-0.4, -0.2) is 61.0 Å². The number of piperazine rings is 1. The molecular weight excluding hydrogens is 470 g/mol. The lowest BCUT2D eigenvalue weighted by Gasteiger charge is -2.41. The highest BCUT2D eigenvalue weighted by Gasteiger charge is 2.44. The lowest BCUT2D eigenvalue weighted by Crippen LogP contribution is -2.56. The summed E-state index contributed by atoms with van der Waals surface area (Å²) in [4.78, 5) is 26.5. The summed E-state index contributed by atoms with van der Waals surface area (Å²) < 4.78 is 8.81. The zero-order chi connectivity index (χ0) is 22.5. The molecule has 4 heterocycles. The van der Waals surface area contributed by atoms with Crippen molar-refractivity contribution >= 4 is 27.8 Å². The Bertz CT molecular complexity index is 1120. The van der Waals surface area contributed by atoms with Crippen LogP contribution in [-0.2, 0) is 11.3 Å². The molecule has 0 spiro atoms. The standard InChI is InChI=1S/C24H28BrN5O2/c1-24(2,3)32-23(31)30-18-9-10-19(30)14-28(13-18)15-20-21(16-5-7-17(25)8-6-16)27-22-26-11-4-12-29(20)22/h4-8,11-12,18-19H,9-10,13-15H2,1-3H3. The van der Waals surface area contributed by atoms with Gasteiger partial charge in [-0.15, -0.1) is 0 Å². The van der Waals surface area contributed by atoms with Gasteiger partial charge < -0.3 is 4.74 Å². The molecule has 0 radical (unpaired) electrons. The highest BCUT2D eigenvalue weighted by molar-refractivity contribution is 9.10. The first-order chi connectivity index (χ1) is 15.3. The Balaban J connectivity index is 1.41. The number of nitrogens with zero attached hydrogens (tertiary/aromatic N) is 5. The second kappa shape index (κ2) is 8.15. The highest BCUT2D eigenvalue weighted by Crippen LogP contribution is 2.34. The van der Waals surface area contributed by atoms with Crippen LogP contribution in [0.2, 0.25) is 0 Å². The van der Waals surface area contributed by atoms with Gasteiger partial charge in [0.2, 0.25) is 5.78 Å². The molecule has 2 fully saturated rings. The van der Waals surface area contributed by atoms with Gasteiger partial charge in [0.1, 0.15) is 5.60 Å². The van der Waals surface area contributed by atoms with E-state index >= 15 is 0 Å². The Morgan fingerprint density at radius 2 is 1.84 bits per heavy atom. The fraction of sp³-hybridized carbons (Fsp3) is 0.458. The Labute approximate surface area is 196 Å². The molecule has 0 aliphatic carbocycles. The molecule has 1 aromatic carbocycles. The summed E-state index contributed by atoms with van der Waals surface area (Å²) in [6.45, 7) is 8.20. The molecule has 3 aromatic rings. The molecule has 2 saturated heterocycles. The number of likely N-dealkylation sites (tertiary alicyclic amines) is 1. The summed E-state index contributed by atoms with van der Waals surface area (Å²) in [5.74, 6) is 0.704. The van der Waals surface area contributed by atoms with Crippen molar-refractivity contribution in [1.82, 2.24) is 24.2 Å². The SMILES string of the molecule is CC(C)(C)OC(=O)N1C2CCC1CN(Cc1c(-c3ccc(Br)cc3)nc3ncccn13)C2. The molecule has 2 unspecified atom stereocenters. The van der Waals surface area contributed by atoms with Crippen molar-refractivity contribution in [3.05, 3.63) is 52.9 Å². The Kier molecular flexibility index (Phi) is 5.45. The molecule has 5 rings (SSSR count). The van der Waals surface area contributed by atoms with E-state index in [4.69, 9.17) is 9.72 Å². The fourth-order valence-electron chi connectivity index (χ4n) is 4.87. The monoisotopic (exact) mass is 497 g/mol. The van der Waals surface area contributed by atoms with Crippen molar-refractivity contribution in [3.63, 3.8) is 0 Å². The van der Waals surface area contributed by atoms with E-state index < -0.39 is 5.60 Å². The molecule has 2 atom stereocenters. The van der Waals surface area contributed by atoms with E-state index in [9.17, 15) is 4.79 Å². The fourth-order valence-corrected chi connectivity index (χ4v) is 5.13. The summed E-state index contributed by atoms with van der Waals surface area (Å²) in [6.07, 6.45) is 5.67. The zero-order valence-electron chi connectivity index (χ0n) is 18.7. The Morgan fingerprint density at radius 3 is 2.50 bits per heavy atom. The summed E-state index contributed by atoms with van der Waals surface area (Å²) in [5.41, 5.74) is 2.68. The van der Waals surface area contributed by atoms with Gasteiger partial charge in [0.05, 0.1) is 11.4 Å². The molecular formula is C24H28BrN5O2. The van der Waals surface area contributed by atoms with Gasteiger partial charge in [-0.05, 0) is 51.8 Å². The van der Waals surface area contributed by atoms with Crippen molar-refractivity contribution in [2.75, 3.05) is 13.1 Å². The molecule has 2 aliphatic heterocycles. The van der Waals surface area contributed by atoms with Gasteiger partial charge in [-0.1, -0.05) is 28.1 Å². The van der Waals surface area contributed by atoms with Crippen LogP contribution >= 0.6 is 15.9 Å². The minimum atomic E-state index is -0.475. The first-order valence-electron chi connectivity index (χ1n) is 11.1. The first kappa shape index (κ1) is 21.4. The summed E-state index contributed by atoms with van der Waals surface area (Å²) in [5, 5.41) is 0. The maximum absolute atomic E-state index is 12.8. The molecule has 7 nitrogen and oxygen atoms in total. The number of imidazole rings is 1. The second-order valence-electron chi connectivity index (χ2n) is 9.67. The zero-order valence-corrected chi connectivity index (χ0v) is 20.2. The number of carbonyl (C=O) groups is 1. The molecule has 2 bridgehead atoms. The minimum Gasteiger partial charge on any atom is -0.444 e. The van der Waals surface area contributed by atoms with E-state index in [1.807, 2.05) is 50.1 Å². The maximum atomic E-state index is 12.8. The van der Waals surface area contributed by atoms with Gasteiger partial charge in [-0.25, -0.2) is 14.8 Å². The number of amides is 1. The highest BCUT2D eigenvalue weighted by atomic mass is 79.9. The normalized spacial score (nSPS) is 21.3. The molecule has 8 heteroatoms. The van der Waals surface area contributed by atoms with Crippen LogP contribution < -0.4 is 0 Å². The number of hydrogen-bond donors (Lipinski definition) is 0.